The van der Waals surface area contributed by atoms with Gasteiger partial charge in [0.2, 0.25) is 5.91 Å². The summed E-state index contributed by atoms with van der Waals surface area (Å²) in [5.74, 6) is -2.60. The molecule has 1 aliphatic rings. The third kappa shape index (κ3) is 3.15. The van der Waals surface area contributed by atoms with Crippen molar-refractivity contribution in [3.8, 4) is 0 Å². The van der Waals surface area contributed by atoms with Crippen molar-refractivity contribution in [3.63, 3.8) is 0 Å². The van der Waals surface area contributed by atoms with Crippen LogP contribution in [0.2, 0.25) is 5.02 Å². The van der Waals surface area contributed by atoms with Gasteiger partial charge in [-0.2, -0.15) is 0 Å². The van der Waals surface area contributed by atoms with E-state index in [-0.39, 0.29) is 18.9 Å². The number of nitrogens with zero attached hydrogens (tertiary/aromatic N) is 2. The van der Waals surface area contributed by atoms with Crippen LogP contribution < -0.4 is 10.2 Å². The Morgan fingerprint density at radius 3 is 2.55 bits per heavy atom. The molecule has 1 heterocycles. The number of urea groups is 1. The van der Waals surface area contributed by atoms with Gasteiger partial charge < -0.3 is 5.11 Å². The Balaban J connectivity index is 2.35. The van der Waals surface area contributed by atoms with Crippen molar-refractivity contribution in [2.75, 3.05) is 18.1 Å². The first kappa shape index (κ1) is 16.1. The first-order chi connectivity index (χ1) is 10.5. The van der Waals surface area contributed by atoms with Gasteiger partial charge in [0.15, 0.2) is 5.92 Å². The molecule has 4 amide bonds. The van der Waals surface area contributed by atoms with Crippen LogP contribution in [-0.4, -0.2) is 41.8 Å². The Bertz CT molecular complexity index is 642. The lowest BCUT2D eigenvalue weighted by Crippen LogP contribution is -2.60. The molecule has 2 N–H and O–H groups in total. The highest BCUT2D eigenvalue weighted by Gasteiger charge is 2.42. The van der Waals surface area contributed by atoms with Crippen LogP contribution in [0.15, 0.2) is 29.3 Å². The molecule has 0 bridgehead atoms. The number of amides is 4. The van der Waals surface area contributed by atoms with Gasteiger partial charge in [-0.3, -0.25) is 19.9 Å². The van der Waals surface area contributed by atoms with Crippen LogP contribution in [0, 0.1) is 5.92 Å². The molecule has 0 saturated carbocycles. The summed E-state index contributed by atoms with van der Waals surface area (Å²) in [6, 6.07) is 5.27. The summed E-state index contributed by atoms with van der Waals surface area (Å²) in [5, 5.41) is 11.4. The third-order valence-electron chi connectivity index (χ3n) is 3.13. The maximum absolute atomic E-state index is 12.5. The molecule has 0 aromatic heterocycles. The fourth-order valence-corrected chi connectivity index (χ4v) is 2.22. The average molecular weight is 324 g/mol. The topological polar surface area (TPSA) is 99.1 Å². The molecule has 116 valence electrons. The van der Waals surface area contributed by atoms with E-state index in [9.17, 15) is 14.4 Å². The number of rotatable bonds is 4. The fraction of sp³-hybridized carbons (Fsp3) is 0.286. The number of hydrogen-bond donors (Lipinski definition) is 2. The molecule has 2 rings (SSSR count). The zero-order valence-electron chi connectivity index (χ0n) is 11.7. The second-order valence-electron chi connectivity index (χ2n) is 4.62. The highest BCUT2D eigenvalue weighted by atomic mass is 35.5. The SMILES string of the molecule is CC(=NCCO)C1C(=O)NC(=O)N(c2ccc(Cl)cc2)C1=O. The lowest BCUT2D eigenvalue weighted by Gasteiger charge is -2.30. The molecule has 1 unspecified atom stereocenters. The van der Waals surface area contributed by atoms with Gasteiger partial charge >= 0.3 is 6.03 Å². The molecule has 1 aliphatic heterocycles. The molecule has 1 aromatic rings. The van der Waals surface area contributed by atoms with E-state index in [0.29, 0.717) is 10.7 Å². The molecule has 7 nitrogen and oxygen atoms in total. The lowest BCUT2D eigenvalue weighted by atomic mass is 9.99. The van der Waals surface area contributed by atoms with E-state index in [1.54, 1.807) is 0 Å². The molecule has 1 atom stereocenters. The number of halogens is 1. The number of benzene rings is 1. The second-order valence-corrected chi connectivity index (χ2v) is 5.06. The summed E-state index contributed by atoms with van der Waals surface area (Å²) in [4.78, 5) is 41.2. The van der Waals surface area contributed by atoms with E-state index < -0.39 is 23.8 Å². The highest BCUT2D eigenvalue weighted by Crippen LogP contribution is 2.23. The van der Waals surface area contributed by atoms with Crippen LogP contribution in [-0.2, 0) is 9.59 Å². The van der Waals surface area contributed by atoms with Crippen LogP contribution in [0.25, 0.3) is 0 Å². The van der Waals surface area contributed by atoms with E-state index in [1.807, 2.05) is 0 Å². The van der Waals surface area contributed by atoms with Gasteiger partial charge in [0, 0.05) is 10.7 Å². The molecule has 1 fully saturated rings. The highest BCUT2D eigenvalue weighted by molar-refractivity contribution is 6.35. The number of hydrogen-bond acceptors (Lipinski definition) is 5. The van der Waals surface area contributed by atoms with Gasteiger partial charge in [-0.15, -0.1) is 0 Å². The van der Waals surface area contributed by atoms with Crippen molar-refractivity contribution < 1.29 is 19.5 Å². The Morgan fingerprint density at radius 1 is 1.32 bits per heavy atom. The number of imide groups is 2. The smallest absolute Gasteiger partial charge is 0.335 e. The van der Waals surface area contributed by atoms with Crippen LogP contribution >= 0.6 is 11.6 Å². The van der Waals surface area contributed by atoms with Crippen molar-refractivity contribution in [2.45, 2.75) is 6.92 Å². The number of carbonyl (C=O) groups is 3. The Labute approximate surface area is 131 Å². The standard InChI is InChI=1S/C14H14ClN3O4/c1-8(16-6-7-19)11-12(20)17-14(22)18(13(11)21)10-4-2-9(15)3-5-10/h2-5,11,19H,6-7H2,1H3,(H,17,20,22). The number of aliphatic imine (C=N–C) groups is 1. The summed E-state index contributed by atoms with van der Waals surface area (Å²) < 4.78 is 0. The summed E-state index contributed by atoms with van der Waals surface area (Å²) >= 11 is 5.78. The van der Waals surface area contributed by atoms with Gasteiger partial charge in [-0.25, -0.2) is 9.69 Å². The number of carbonyl (C=O) groups excluding carboxylic acids is 3. The number of aliphatic hydroxyl groups excluding tert-OH is 1. The zero-order valence-corrected chi connectivity index (χ0v) is 12.5. The molecule has 1 saturated heterocycles. The van der Waals surface area contributed by atoms with E-state index in [2.05, 4.69) is 10.3 Å². The summed E-state index contributed by atoms with van der Waals surface area (Å²) in [6.07, 6.45) is 0. The largest absolute Gasteiger partial charge is 0.394 e. The minimum Gasteiger partial charge on any atom is -0.394 e. The molecule has 8 heteroatoms. The molecular weight excluding hydrogens is 310 g/mol. The molecule has 0 radical (unpaired) electrons. The minimum atomic E-state index is -1.19. The molecule has 1 aromatic carbocycles. The molecular formula is C14H14ClN3O4. The van der Waals surface area contributed by atoms with Crippen LogP contribution in [0.4, 0.5) is 10.5 Å². The van der Waals surface area contributed by atoms with E-state index in [1.165, 1.54) is 31.2 Å². The minimum absolute atomic E-state index is 0.0811. The number of anilines is 1. The van der Waals surface area contributed by atoms with Crippen molar-refractivity contribution >= 4 is 40.8 Å². The third-order valence-corrected chi connectivity index (χ3v) is 3.38. The quantitative estimate of drug-likeness (QED) is 0.637. The van der Waals surface area contributed by atoms with Crippen LogP contribution in [0.3, 0.4) is 0 Å². The average Bonchev–Trinajstić information content (AvgIpc) is 2.46. The van der Waals surface area contributed by atoms with Crippen LogP contribution in [0.1, 0.15) is 6.92 Å². The van der Waals surface area contributed by atoms with Gasteiger partial charge in [-0.1, -0.05) is 11.6 Å². The number of barbiturate groups is 1. The van der Waals surface area contributed by atoms with Crippen molar-refractivity contribution in [1.82, 2.24) is 5.32 Å². The lowest BCUT2D eigenvalue weighted by molar-refractivity contribution is -0.131. The monoisotopic (exact) mass is 323 g/mol. The Morgan fingerprint density at radius 2 is 1.95 bits per heavy atom. The normalized spacial score (nSPS) is 19.4. The maximum Gasteiger partial charge on any atom is 0.335 e. The number of nitrogens with one attached hydrogen (secondary N) is 1. The van der Waals surface area contributed by atoms with Crippen LogP contribution in [0.5, 0.6) is 0 Å². The fourth-order valence-electron chi connectivity index (χ4n) is 2.10. The summed E-state index contributed by atoms with van der Waals surface area (Å²) in [6.45, 7) is 1.39. The second kappa shape index (κ2) is 6.67. The van der Waals surface area contributed by atoms with Gasteiger partial charge in [0.1, 0.15) is 0 Å². The summed E-state index contributed by atoms with van der Waals surface area (Å²) in [5.41, 5.74) is 0.544. The Kier molecular flexibility index (Phi) is 4.89. The molecule has 0 spiro atoms. The predicted octanol–water partition coefficient (Wildman–Crippen LogP) is 0.992. The van der Waals surface area contributed by atoms with Crippen molar-refractivity contribution in [1.29, 1.82) is 0 Å². The summed E-state index contributed by atoms with van der Waals surface area (Å²) in [7, 11) is 0. The van der Waals surface area contributed by atoms with Gasteiger partial charge in [0.05, 0.1) is 18.8 Å². The van der Waals surface area contributed by atoms with Crippen molar-refractivity contribution in [2.24, 2.45) is 10.9 Å². The zero-order chi connectivity index (χ0) is 16.3. The van der Waals surface area contributed by atoms with Gasteiger partial charge in [-0.05, 0) is 31.2 Å². The maximum atomic E-state index is 12.5. The predicted molar refractivity (Wildman–Crippen MR) is 81.0 cm³/mol. The first-order valence-corrected chi connectivity index (χ1v) is 6.89. The van der Waals surface area contributed by atoms with E-state index >= 15 is 0 Å². The van der Waals surface area contributed by atoms with Crippen molar-refractivity contribution in [3.05, 3.63) is 29.3 Å². The molecule has 0 aliphatic carbocycles. The molecule has 22 heavy (non-hydrogen) atoms. The van der Waals surface area contributed by atoms with E-state index in [0.717, 1.165) is 4.90 Å². The number of aliphatic hydroxyl groups is 1. The first-order valence-electron chi connectivity index (χ1n) is 6.52. The van der Waals surface area contributed by atoms with Gasteiger partial charge in [0.25, 0.3) is 5.91 Å². The van der Waals surface area contributed by atoms with E-state index in [4.69, 9.17) is 16.7 Å². The Hall–Kier alpha value is -2.25.